The van der Waals surface area contributed by atoms with E-state index in [1.54, 1.807) is 13.0 Å². The van der Waals surface area contributed by atoms with Crippen LogP contribution in [-0.4, -0.2) is 17.6 Å². The lowest BCUT2D eigenvalue weighted by atomic mass is 10.2. The van der Waals surface area contributed by atoms with Crippen molar-refractivity contribution in [2.24, 2.45) is 0 Å². The van der Waals surface area contributed by atoms with Crippen LogP contribution in [0.1, 0.15) is 35.5 Å². The van der Waals surface area contributed by atoms with Crippen molar-refractivity contribution in [1.82, 2.24) is 10.5 Å². The van der Waals surface area contributed by atoms with Crippen molar-refractivity contribution in [3.8, 4) is 12.3 Å². The lowest BCUT2D eigenvalue weighted by Crippen LogP contribution is -2.23. The Morgan fingerprint density at radius 1 is 1.67 bits per heavy atom. The molecule has 0 fully saturated rings. The Balaban J connectivity index is 2.23. The van der Waals surface area contributed by atoms with Crippen molar-refractivity contribution >= 4 is 5.91 Å². The average molecular weight is 206 g/mol. The summed E-state index contributed by atoms with van der Waals surface area (Å²) in [5.74, 6) is 2.58. The lowest BCUT2D eigenvalue weighted by molar-refractivity contribution is 0.0916. The molecule has 0 saturated carbocycles. The van der Waals surface area contributed by atoms with Gasteiger partial charge in [0.2, 0.25) is 5.76 Å². The largest absolute Gasteiger partial charge is 0.351 e. The maximum Gasteiger partial charge on any atom is 0.289 e. The molecule has 4 heteroatoms. The van der Waals surface area contributed by atoms with Crippen molar-refractivity contribution in [2.75, 3.05) is 6.54 Å². The van der Waals surface area contributed by atoms with Crippen LogP contribution in [-0.2, 0) is 0 Å². The van der Waals surface area contributed by atoms with Crippen molar-refractivity contribution in [2.45, 2.75) is 26.2 Å². The molecule has 1 amide bonds. The molecular formula is C11H14N2O2. The van der Waals surface area contributed by atoms with Gasteiger partial charge in [-0.15, -0.1) is 12.3 Å². The number of aromatic nitrogens is 1. The molecule has 0 aromatic carbocycles. The van der Waals surface area contributed by atoms with E-state index in [1.807, 2.05) is 0 Å². The standard InChI is InChI=1S/C11H14N2O2/c1-3-4-5-6-7-12-11(14)10-8-9(2)13-15-10/h1,8H,4-7H2,2H3,(H,12,14). The Labute approximate surface area is 89.0 Å². The van der Waals surface area contributed by atoms with Gasteiger partial charge in [-0.1, -0.05) is 5.16 Å². The molecule has 0 saturated heterocycles. The molecule has 0 aliphatic rings. The first-order chi connectivity index (χ1) is 7.24. The van der Waals surface area contributed by atoms with Gasteiger partial charge in [0.05, 0.1) is 5.69 Å². The van der Waals surface area contributed by atoms with Crippen LogP contribution in [0.5, 0.6) is 0 Å². The molecule has 1 aromatic heterocycles. The summed E-state index contributed by atoms with van der Waals surface area (Å²) < 4.78 is 4.81. The third kappa shape index (κ3) is 3.86. The smallest absolute Gasteiger partial charge is 0.289 e. The molecule has 15 heavy (non-hydrogen) atoms. The Kier molecular flexibility index (Phi) is 4.42. The number of nitrogens with zero attached hydrogens (tertiary/aromatic N) is 1. The predicted octanol–water partition coefficient (Wildman–Crippen LogP) is 1.52. The summed E-state index contributed by atoms with van der Waals surface area (Å²) in [7, 11) is 0. The van der Waals surface area contributed by atoms with Crippen LogP contribution in [0.3, 0.4) is 0 Å². The average Bonchev–Trinajstić information content (AvgIpc) is 2.64. The van der Waals surface area contributed by atoms with E-state index in [4.69, 9.17) is 10.9 Å². The molecule has 0 bridgehead atoms. The molecule has 1 heterocycles. The van der Waals surface area contributed by atoms with Gasteiger partial charge < -0.3 is 9.84 Å². The minimum Gasteiger partial charge on any atom is -0.351 e. The Morgan fingerprint density at radius 3 is 3.07 bits per heavy atom. The number of hydrogen-bond acceptors (Lipinski definition) is 3. The monoisotopic (exact) mass is 206 g/mol. The van der Waals surface area contributed by atoms with Crippen molar-refractivity contribution < 1.29 is 9.32 Å². The van der Waals surface area contributed by atoms with Crippen LogP contribution in [0, 0.1) is 19.3 Å². The Bertz CT molecular complexity index is 363. The first kappa shape index (κ1) is 11.3. The fourth-order valence-corrected chi connectivity index (χ4v) is 1.11. The van der Waals surface area contributed by atoms with Gasteiger partial charge in [-0.25, -0.2) is 0 Å². The first-order valence-corrected chi connectivity index (χ1v) is 4.89. The molecule has 0 aliphatic heterocycles. The number of carbonyl (C=O) groups is 1. The maximum atomic E-state index is 11.4. The molecule has 0 radical (unpaired) electrons. The molecule has 0 unspecified atom stereocenters. The Hall–Kier alpha value is -1.76. The van der Waals surface area contributed by atoms with Gasteiger partial charge in [0.1, 0.15) is 0 Å². The number of rotatable bonds is 5. The van der Waals surface area contributed by atoms with Gasteiger partial charge >= 0.3 is 0 Å². The number of amides is 1. The van der Waals surface area contributed by atoms with Crippen LogP contribution in [0.4, 0.5) is 0 Å². The summed E-state index contributed by atoms with van der Waals surface area (Å²) in [6, 6.07) is 1.61. The summed E-state index contributed by atoms with van der Waals surface area (Å²) in [4.78, 5) is 11.4. The van der Waals surface area contributed by atoms with Gasteiger partial charge in [-0.3, -0.25) is 4.79 Å². The number of aryl methyl sites for hydroxylation is 1. The topological polar surface area (TPSA) is 55.1 Å². The van der Waals surface area contributed by atoms with Gasteiger partial charge in [0.15, 0.2) is 0 Å². The zero-order valence-corrected chi connectivity index (χ0v) is 8.75. The summed E-state index contributed by atoms with van der Waals surface area (Å²) in [6.45, 7) is 2.38. The molecule has 0 spiro atoms. The van der Waals surface area contributed by atoms with Crippen molar-refractivity contribution in [3.05, 3.63) is 17.5 Å². The van der Waals surface area contributed by atoms with E-state index < -0.39 is 0 Å². The fraction of sp³-hybridized carbons (Fsp3) is 0.455. The highest BCUT2D eigenvalue weighted by molar-refractivity contribution is 5.91. The van der Waals surface area contributed by atoms with Gasteiger partial charge in [0.25, 0.3) is 5.91 Å². The molecule has 0 aliphatic carbocycles. The third-order valence-electron chi connectivity index (χ3n) is 1.89. The van der Waals surface area contributed by atoms with E-state index in [1.165, 1.54) is 0 Å². The first-order valence-electron chi connectivity index (χ1n) is 4.89. The highest BCUT2D eigenvalue weighted by Crippen LogP contribution is 2.01. The molecule has 0 atom stereocenters. The SMILES string of the molecule is C#CCCCCNC(=O)c1cc(C)no1. The second-order valence-corrected chi connectivity index (χ2v) is 3.25. The minimum absolute atomic E-state index is 0.226. The van der Waals surface area contributed by atoms with E-state index in [9.17, 15) is 4.79 Å². The normalized spacial score (nSPS) is 9.60. The number of terminal acetylenes is 1. The number of carbonyl (C=O) groups excluding carboxylic acids is 1. The highest BCUT2D eigenvalue weighted by Gasteiger charge is 2.09. The lowest BCUT2D eigenvalue weighted by Gasteiger charge is -2.00. The quantitative estimate of drug-likeness (QED) is 0.587. The summed E-state index contributed by atoms with van der Waals surface area (Å²) in [5, 5.41) is 6.36. The Morgan fingerprint density at radius 2 is 2.47 bits per heavy atom. The minimum atomic E-state index is -0.226. The van der Waals surface area contributed by atoms with Gasteiger partial charge in [-0.05, 0) is 19.8 Å². The molecule has 1 rings (SSSR count). The number of nitrogens with one attached hydrogen (secondary N) is 1. The van der Waals surface area contributed by atoms with Crippen LogP contribution in [0.2, 0.25) is 0 Å². The molecule has 4 nitrogen and oxygen atoms in total. The predicted molar refractivity (Wildman–Crippen MR) is 56.3 cm³/mol. The van der Waals surface area contributed by atoms with Crippen molar-refractivity contribution in [1.29, 1.82) is 0 Å². The summed E-state index contributed by atoms with van der Waals surface area (Å²) in [5.41, 5.74) is 0.701. The molecule has 1 N–H and O–H groups in total. The van der Waals surface area contributed by atoms with Gasteiger partial charge in [-0.2, -0.15) is 0 Å². The summed E-state index contributed by atoms with van der Waals surface area (Å²) in [6.07, 6.45) is 7.65. The molecular weight excluding hydrogens is 192 g/mol. The van der Waals surface area contributed by atoms with E-state index >= 15 is 0 Å². The maximum absolute atomic E-state index is 11.4. The molecule has 1 aromatic rings. The van der Waals surface area contributed by atoms with Crippen LogP contribution in [0.25, 0.3) is 0 Å². The van der Waals surface area contributed by atoms with E-state index in [0.717, 1.165) is 19.3 Å². The van der Waals surface area contributed by atoms with Gasteiger partial charge in [0, 0.05) is 19.0 Å². The fourth-order valence-electron chi connectivity index (χ4n) is 1.11. The zero-order valence-electron chi connectivity index (χ0n) is 8.75. The third-order valence-corrected chi connectivity index (χ3v) is 1.89. The highest BCUT2D eigenvalue weighted by atomic mass is 16.5. The summed E-state index contributed by atoms with van der Waals surface area (Å²) >= 11 is 0. The number of unbranched alkanes of at least 4 members (excludes halogenated alkanes) is 2. The molecule has 80 valence electrons. The van der Waals surface area contributed by atoms with Crippen LogP contribution >= 0.6 is 0 Å². The second kappa shape index (κ2) is 5.86. The van der Waals surface area contributed by atoms with Crippen LogP contribution < -0.4 is 5.32 Å². The number of hydrogen-bond donors (Lipinski definition) is 1. The van der Waals surface area contributed by atoms with E-state index in [-0.39, 0.29) is 11.7 Å². The van der Waals surface area contributed by atoms with E-state index in [0.29, 0.717) is 12.2 Å². The zero-order chi connectivity index (χ0) is 11.1. The van der Waals surface area contributed by atoms with Crippen LogP contribution in [0.15, 0.2) is 10.6 Å². The van der Waals surface area contributed by atoms with Crippen molar-refractivity contribution in [3.63, 3.8) is 0 Å². The second-order valence-electron chi connectivity index (χ2n) is 3.25. The van der Waals surface area contributed by atoms with E-state index in [2.05, 4.69) is 16.4 Å².